The second-order valence-electron chi connectivity index (χ2n) is 9.68. The number of halogens is 3. The van der Waals surface area contributed by atoms with Gasteiger partial charge in [-0.2, -0.15) is 0 Å². The SMILES string of the molecule is Cl.N=C(N)NCCC[C@H](C(=O)NCC(=O)O)N(Cc1cc(Cl)c(N)c(Cl)c1)C(=O)CC(c1ccccc1)c1ccccc1. The maximum Gasteiger partial charge on any atom is 0.322 e. The molecule has 10 nitrogen and oxygen atoms in total. The number of anilines is 1. The van der Waals surface area contributed by atoms with Gasteiger partial charge in [0.1, 0.15) is 12.6 Å². The Labute approximate surface area is 266 Å². The lowest BCUT2D eigenvalue weighted by atomic mass is 9.88. The molecule has 0 aliphatic rings. The van der Waals surface area contributed by atoms with Crippen LogP contribution < -0.4 is 22.1 Å². The summed E-state index contributed by atoms with van der Waals surface area (Å²) in [5, 5.41) is 22.1. The van der Waals surface area contributed by atoms with Gasteiger partial charge in [-0.05, 0) is 41.7 Å². The Hall–Kier alpha value is -3.99. The van der Waals surface area contributed by atoms with Crippen LogP contribution in [0.5, 0.6) is 0 Å². The molecular formula is C30H35Cl3N6O4. The summed E-state index contributed by atoms with van der Waals surface area (Å²) in [5.41, 5.74) is 13.9. The van der Waals surface area contributed by atoms with Gasteiger partial charge in [0.15, 0.2) is 5.96 Å². The summed E-state index contributed by atoms with van der Waals surface area (Å²) in [6.45, 7) is -0.379. The second-order valence-corrected chi connectivity index (χ2v) is 10.5. The molecule has 1 atom stereocenters. The Morgan fingerprint density at radius 1 is 0.930 bits per heavy atom. The lowest BCUT2D eigenvalue weighted by Crippen LogP contribution is -2.50. The topological polar surface area (TPSA) is 175 Å². The minimum absolute atomic E-state index is 0. The molecule has 0 spiro atoms. The fourth-order valence-electron chi connectivity index (χ4n) is 4.62. The highest BCUT2D eigenvalue weighted by molar-refractivity contribution is 6.38. The van der Waals surface area contributed by atoms with Gasteiger partial charge < -0.3 is 32.1 Å². The Morgan fingerprint density at radius 3 is 1.95 bits per heavy atom. The molecule has 3 aromatic rings. The number of carbonyl (C=O) groups is 3. The molecule has 2 amide bonds. The molecule has 0 aliphatic heterocycles. The highest BCUT2D eigenvalue weighted by Crippen LogP contribution is 2.32. The molecule has 0 saturated carbocycles. The maximum absolute atomic E-state index is 14.2. The third-order valence-corrected chi connectivity index (χ3v) is 7.28. The number of nitrogen functional groups attached to an aromatic ring is 1. The molecule has 0 unspecified atom stereocenters. The highest BCUT2D eigenvalue weighted by Gasteiger charge is 2.32. The normalized spacial score (nSPS) is 11.2. The first-order chi connectivity index (χ1) is 20.1. The zero-order valence-electron chi connectivity index (χ0n) is 23.3. The molecule has 0 radical (unpaired) electrons. The summed E-state index contributed by atoms with van der Waals surface area (Å²) in [7, 11) is 0. The van der Waals surface area contributed by atoms with E-state index < -0.39 is 24.5 Å². The van der Waals surface area contributed by atoms with E-state index in [4.69, 9.17) is 40.1 Å². The number of nitrogens with zero attached hydrogens (tertiary/aromatic N) is 1. The van der Waals surface area contributed by atoms with Gasteiger partial charge in [-0.1, -0.05) is 83.9 Å². The number of nitrogens with one attached hydrogen (secondary N) is 3. The third-order valence-electron chi connectivity index (χ3n) is 6.66. The van der Waals surface area contributed by atoms with Crippen molar-refractivity contribution in [1.82, 2.24) is 15.5 Å². The van der Waals surface area contributed by atoms with E-state index in [1.54, 1.807) is 12.1 Å². The average Bonchev–Trinajstić information content (AvgIpc) is 2.97. The van der Waals surface area contributed by atoms with Crippen LogP contribution in [0.4, 0.5) is 5.69 Å². The molecule has 0 aliphatic carbocycles. The number of hydrogen-bond acceptors (Lipinski definition) is 5. The van der Waals surface area contributed by atoms with Crippen molar-refractivity contribution >= 4 is 65.0 Å². The molecule has 3 aromatic carbocycles. The predicted molar refractivity (Wildman–Crippen MR) is 172 cm³/mol. The number of rotatable bonds is 14. The minimum atomic E-state index is -1.22. The van der Waals surface area contributed by atoms with Gasteiger partial charge in [0.2, 0.25) is 11.8 Å². The van der Waals surface area contributed by atoms with E-state index in [-0.39, 0.29) is 71.9 Å². The number of carboxylic acids is 1. The van der Waals surface area contributed by atoms with Gasteiger partial charge in [0.25, 0.3) is 0 Å². The molecule has 0 aromatic heterocycles. The summed E-state index contributed by atoms with van der Waals surface area (Å²) in [6, 6.07) is 21.3. The first-order valence-corrected chi connectivity index (χ1v) is 14.0. The van der Waals surface area contributed by atoms with Crippen LogP contribution in [0.15, 0.2) is 72.8 Å². The number of amides is 2. The summed E-state index contributed by atoms with van der Waals surface area (Å²) >= 11 is 12.6. The van der Waals surface area contributed by atoms with Gasteiger partial charge in [0.05, 0.1) is 15.7 Å². The molecule has 8 N–H and O–H groups in total. The zero-order chi connectivity index (χ0) is 30.6. The van der Waals surface area contributed by atoms with Crippen molar-refractivity contribution in [2.45, 2.75) is 37.8 Å². The Kier molecular flexibility index (Phi) is 14.1. The van der Waals surface area contributed by atoms with Gasteiger partial charge in [-0.25, -0.2) is 0 Å². The largest absolute Gasteiger partial charge is 0.480 e. The first kappa shape index (κ1) is 35.2. The number of benzene rings is 3. The zero-order valence-corrected chi connectivity index (χ0v) is 25.6. The smallest absolute Gasteiger partial charge is 0.322 e. The van der Waals surface area contributed by atoms with Crippen LogP contribution in [0, 0.1) is 5.41 Å². The van der Waals surface area contributed by atoms with E-state index in [0.717, 1.165) is 11.1 Å². The monoisotopic (exact) mass is 648 g/mol. The molecule has 0 heterocycles. The summed E-state index contributed by atoms with van der Waals surface area (Å²) in [5.74, 6) is -2.73. The van der Waals surface area contributed by atoms with Crippen molar-refractivity contribution in [2.24, 2.45) is 5.73 Å². The third kappa shape index (κ3) is 10.7. The van der Waals surface area contributed by atoms with Crippen molar-refractivity contribution in [1.29, 1.82) is 5.41 Å². The highest BCUT2D eigenvalue weighted by atomic mass is 35.5. The fraction of sp³-hybridized carbons (Fsp3) is 0.267. The average molecular weight is 650 g/mol. The first-order valence-electron chi connectivity index (χ1n) is 13.3. The van der Waals surface area contributed by atoms with Crippen molar-refractivity contribution in [3.8, 4) is 0 Å². The predicted octanol–water partition coefficient (Wildman–Crippen LogP) is 4.38. The molecular weight excluding hydrogens is 615 g/mol. The molecule has 3 rings (SSSR count). The van der Waals surface area contributed by atoms with Gasteiger partial charge in [-0.15, -0.1) is 12.4 Å². The minimum Gasteiger partial charge on any atom is -0.480 e. The Balaban J connectivity index is 0.00000645. The van der Waals surface area contributed by atoms with Crippen LogP contribution in [0.25, 0.3) is 0 Å². The van der Waals surface area contributed by atoms with Crippen LogP contribution in [-0.2, 0) is 20.9 Å². The van der Waals surface area contributed by atoms with Crippen LogP contribution in [0.3, 0.4) is 0 Å². The number of carboxylic acid groups (broad SMARTS) is 1. The maximum atomic E-state index is 14.2. The lowest BCUT2D eigenvalue weighted by molar-refractivity contribution is -0.143. The van der Waals surface area contributed by atoms with E-state index in [1.807, 2.05) is 60.7 Å². The second kappa shape index (κ2) is 17.2. The fourth-order valence-corrected chi connectivity index (χ4v) is 5.15. The van der Waals surface area contributed by atoms with E-state index in [2.05, 4.69) is 10.6 Å². The van der Waals surface area contributed by atoms with Crippen molar-refractivity contribution in [3.63, 3.8) is 0 Å². The molecule has 0 bridgehead atoms. The van der Waals surface area contributed by atoms with Crippen LogP contribution >= 0.6 is 35.6 Å². The summed E-state index contributed by atoms with van der Waals surface area (Å²) in [6.07, 6.45) is 0.548. The molecule has 13 heteroatoms. The lowest BCUT2D eigenvalue weighted by Gasteiger charge is -2.33. The number of guanidine groups is 1. The summed E-state index contributed by atoms with van der Waals surface area (Å²) < 4.78 is 0. The van der Waals surface area contributed by atoms with Gasteiger partial charge in [0, 0.05) is 25.4 Å². The standard InChI is InChI=1S/C30H34Cl2N6O4.ClH/c31-23-14-19(15-24(32)28(23)33)18-38(25(12-7-13-36-30(34)35)29(42)37-17-27(40)41)26(39)16-22(20-8-3-1-4-9-20)21-10-5-2-6-11-21;/h1-6,8-11,14-15,22,25H,7,12-13,16-18,33H2,(H,37,42)(H,40,41)(H4,34,35,36);1H/t25-;/m1./s1. The molecule has 0 fully saturated rings. The van der Waals surface area contributed by atoms with Crippen LogP contribution in [0.2, 0.25) is 10.0 Å². The number of carbonyl (C=O) groups excluding carboxylic acids is 2. The van der Waals surface area contributed by atoms with Crippen LogP contribution in [0.1, 0.15) is 41.9 Å². The van der Waals surface area contributed by atoms with Crippen molar-refractivity contribution < 1.29 is 19.5 Å². The molecule has 43 heavy (non-hydrogen) atoms. The number of hydrogen-bond donors (Lipinski definition) is 6. The van der Waals surface area contributed by atoms with Gasteiger partial charge in [-0.3, -0.25) is 19.8 Å². The van der Waals surface area contributed by atoms with Crippen LogP contribution in [-0.4, -0.2) is 52.9 Å². The quantitative estimate of drug-likeness (QED) is 0.0650. The number of aliphatic carboxylic acids is 1. The number of nitrogens with two attached hydrogens (primary N) is 2. The van der Waals surface area contributed by atoms with E-state index in [1.165, 1.54) is 4.90 Å². The van der Waals surface area contributed by atoms with Crippen molar-refractivity contribution in [3.05, 3.63) is 99.5 Å². The van der Waals surface area contributed by atoms with Gasteiger partial charge >= 0.3 is 5.97 Å². The van der Waals surface area contributed by atoms with E-state index in [0.29, 0.717) is 12.0 Å². The molecule has 230 valence electrons. The van der Waals surface area contributed by atoms with E-state index in [9.17, 15) is 19.5 Å². The Bertz CT molecular complexity index is 1330. The molecule has 0 saturated heterocycles. The summed E-state index contributed by atoms with van der Waals surface area (Å²) in [4.78, 5) is 40.3. The van der Waals surface area contributed by atoms with Crippen molar-refractivity contribution in [2.75, 3.05) is 18.8 Å². The van der Waals surface area contributed by atoms with E-state index >= 15 is 0 Å². The Morgan fingerprint density at radius 2 is 1.47 bits per heavy atom.